The minimum atomic E-state index is -0.336. The van der Waals surface area contributed by atoms with E-state index in [4.69, 9.17) is 4.74 Å². The first-order valence-electron chi connectivity index (χ1n) is 5.51. The van der Waals surface area contributed by atoms with Crippen molar-refractivity contribution in [2.45, 2.75) is 18.9 Å². The van der Waals surface area contributed by atoms with Crippen molar-refractivity contribution in [1.82, 2.24) is 9.97 Å². The maximum absolute atomic E-state index is 13.5. The maximum Gasteiger partial charge on any atom is 0.150 e. The Balaban J connectivity index is 1.92. The van der Waals surface area contributed by atoms with Gasteiger partial charge in [0.25, 0.3) is 0 Å². The van der Waals surface area contributed by atoms with Crippen LogP contribution in [0.5, 0.6) is 0 Å². The molecule has 1 saturated heterocycles. The second-order valence-corrected chi connectivity index (χ2v) is 4.82. The zero-order valence-electron chi connectivity index (χ0n) is 9.10. The molecule has 0 aliphatic carbocycles. The van der Waals surface area contributed by atoms with Crippen molar-refractivity contribution in [1.29, 1.82) is 0 Å². The third-order valence-electron chi connectivity index (χ3n) is 2.78. The Morgan fingerprint density at radius 2 is 2.41 bits per heavy atom. The van der Waals surface area contributed by atoms with Crippen LogP contribution in [0.3, 0.4) is 0 Å². The molecular weight excluding hydrogens is 239 g/mol. The van der Waals surface area contributed by atoms with Gasteiger partial charge in [-0.1, -0.05) is 0 Å². The number of hydrogen-bond donors (Lipinski definition) is 0. The van der Waals surface area contributed by atoms with Gasteiger partial charge < -0.3 is 4.74 Å². The van der Waals surface area contributed by atoms with E-state index in [-0.39, 0.29) is 11.9 Å². The molecule has 0 saturated carbocycles. The van der Waals surface area contributed by atoms with Gasteiger partial charge in [0.05, 0.1) is 11.9 Å². The molecule has 2 aromatic rings. The largest absolute Gasteiger partial charge is 0.371 e. The molecule has 1 fully saturated rings. The van der Waals surface area contributed by atoms with E-state index >= 15 is 0 Å². The lowest BCUT2D eigenvalue weighted by atomic mass is 10.2. The van der Waals surface area contributed by atoms with Gasteiger partial charge >= 0.3 is 0 Å². The van der Waals surface area contributed by atoms with Gasteiger partial charge in [0.15, 0.2) is 5.82 Å². The summed E-state index contributed by atoms with van der Waals surface area (Å²) in [6, 6.07) is 1.64. The summed E-state index contributed by atoms with van der Waals surface area (Å²) < 4.78 is 19.1. The average Bonchev–Trinajstić information content (AvgIpc) is 3.00. The number of pyridine rings is 1. The van der Waals surface area contributed by atoms with Gasteiger partial charge in [0.2, 0.25) is 0 Å². The molecule has 0 N–H and O–H groups in total. The molecule has 17 heavy (non-hydrogen) atoms. The van der Waals surface area contributed by atoms with Crippen molar-refractivity contribution in [2.75, 3.05) is 6.61 Å². The van der Waals surface area contributed by atoms with Crippen LogP contribution in [0.4, 0.5) is 4.39 Å². The fourth-order valence-corrected chi connectivity index (χ4v) is 2.82. The van der Waals surface area contributed by atoms with Crippen LogP contribution >= 0.6 is 11.3 Å². The Bertz CT molecular complexity index is 523. The van der Waals surface area contributed by atoms with E-state index in [1.54, 1.807) is 12.3 Å². The zero-order chi connectivity index (χ0) is 11.7. The van der Waals surface area contributed by atoms with Gasteiger partial charge in [0, 0.05) is 23.7 Å². The van der Waals surface area contributed by atoms with Crippen molar-refractivity contribution in [3.8, 4) is 11.3 Å². The second-order valence-electron chi connectivity index (χ2n) is 3.93. The first-order chi connectivity index (χ1) is 8.34. The van der Waals surface area contributed by atoms with Crippen LogP contribution in [0.25, 0.3) is 11.3 Å². The Kier molecular flexibility index (Phi) is 2.86. The average molecular weight is 250 g/mol. The third kappa shape index (κ3) is 2.08. The smallest absolute Gasteiger partial charge is 0.150 e. The number of aromatic nitrogens is 2. The lowest BCUT2D eigenvalue weighted by Crippen LogP contribution is -1.95. The van der Waals surface area contributed by atoms with Gasteiger partial charge in [-0.05, 0) is 18.9 Å². The highest BCUT2D eigenvalue weighted by molar-refractivity contribution is 7.10. The van der Waals surface area contributed by atoms with Crippen molar-refractivity contribution < 1.29 is 9.13 Å². The highest BCUT2D eigenvalue weighted by atomic mass is 32.1. The quantitative estimate of drug-likeness (QED) is 0.821. The van der Waals surface area contributed by atoms with Gasteiger partial charge in [-0.15, -0.1) is 11.3 Å². The van der Waals surface area contributed by atoms with Crippen LogP contribution in [0.1, 0.15) is 24.0 Å². The lowest BCUT2D eigenvalue weighted by molar-refractivity contribution is 0.112. The van der Waals surface area contributed by atoms with E-state index < -0.39 is 0 Å². The Morgan fingerprint density at radius 3 is 3.18 bits per heavy atom. The number of nitrogens with zero attached hydrogens (tertiary/aromatic N) is 2. The van der Waals surface area contributed by atoms with Crippen molar-refractivity contribution >= 4 is 11.3 Å². The Hall–Kier alpha value is -1.33. The molecule has 0 unspecified atom stereocenters. The molecule has 0 radical (unpaired) electrons. The van der Waals surface area contributed by atoms with E-state index in [1.165, 1.54) is 17.5 Å². The molecule has 0 spiro atoms. The van der Waals surface area contributed by atoms with E-state index in [0.717, 1.165) is 24.5 Å². The summed E-state index contributed by atoms with van der Waals surface area (Å²) in [6.45, 7) is 0.795. The minimum absolute atomic E-state index is 0.0960. The molecule has 1 aliphatic rings. The predicted octanol–water partition coefficient (Wildman–Crippen LogP) is 3.20. The maximum atomic E-state index is 13.5. The molecular formula is C12H11FN2OS. The highest BCUT2D eigenvalue weighted by Gasteiger charge is 2.21. The van der Waals surface area contributed by atoms with E-state index in [2.05, 4.69) is 9.97 Å². The number of rotatable bonds is 2. The van der Waals surface area contributed by atoms with Gasteiger partial charge in [-0.2, -0.15) is 0 Å². The van der Waals surface area contributed by atoms with E-state index in [9.17, 15) is 4.39 Å². The summed E-state index contributed by atoms with van der Waals surface area (Å²) in [5.41, 5.74) is 1.17. The summed E-state index contributed by atoms with van der Waals surface area (Å²) in [7, 11) is 0. The van der Waals surface area contributed by atoms with Crippen LogP contribution < -0.4 is 0 Å². The molecule has 3 nitrogen and oxygen atoms in total. The van der Waals surface area contributed by atoms with Crippen molar-refractivity contribution in [3.05, 3.63) is 34.7 Å². The standard InChI is InChI=1S/C12H11FN2OS/c13-9-6-14-4-3-8(9)10-7-17-12(15-10)11-2-1-5-16-11/h3-4,6-7,11H,1-2,5H2/t11-/m0/s1. The van der Waals surface area contributed by atoms with Gasteiger partial charge in [0.1, 0.15) is 11.1 Å². The predicted molar refractivity (Wildman–Crippen MR) is 63.2 cm³/mol. The number of halogens is 1. The third-order valence-corrected chi connectivity index (χ3v) is 3.71. The summed E-state index contributed by atoms with van der Waals surface area (Å²) >= 11 is 1.53. The molecule has 88 valence electrons. The second kappa shape index (κ2) is 4.50. The highest BCUT2D eigenvalue weighted by Crippen LogP contribution is 2.33. The molecule has 3 rings (SSSR count). The fraction of sp³-hybridized carbons (Fsp3) is 0.333. The lowest BCUT2D eigenvalue weighted by Gasteiger charge is -2.03. The summed E-state index contributed by atoms with van der Waals surface area (Å²) in [4.78, 5) is 8.18. The normalized spacial score (nSPS) is 19.7. The van der Waals surface area contributed by atoms with Crippen molar-refractivity contribution in [2.24, 2.45) is 0 Å². The summed E-state index contributed by atoms with van der Waals surface area (Å²) in [6.07, 6.45) is 4.96. The first kappa shape index (κ1) is 10.8. The SMILES string of the molecule is Fc1cnccc1-c1csc([C@@H]2CCCO2)n1. The minimum Gasteiger partial charge on any atom is -0.371 e. The van der Waals surface area contributed by atoms with Crippen LogP contribution in [-0.2, 0) is 4.74 Å². The van der Waals surface area contributed by atoms with Gasteiger partial charge in [-0.25, -0.2) is 9.37 Å². The molecule has 2 aromatic heterocycles. The molecule has 0 aromatic carbocycles. The molecule has 1 atom stereocenters. The zero-order valence-corrected chi connectivity index (χ0v) is 9.91. The molecule has 3 heterocycles. The van der Waals surface area contributed by atoms with E-state index in [1.807, 2.05) is 5.38 Å². The summed E-state index contributed by atoms with van der Waals surface area (Å²) in [5.74, 6) is -0.336. The van der Waals surface area contributed by atoms with Crippen LogP contribution in [0.15, 0.2) is 23.8 Å². The Labute approximate surface area is 102 Å². The number of hydrogen-bond acceptors (Lipinski definition) is 4. The number of ether oxygens (including phenoxy) is 1. The topological polar surface area (TPSA) is 35.0 Å². The monoisotopic (exact) mass is 250 g/mol. The van der Waals surface area contributed by atoms with Crippen molar-refractivity contribution in [3.63, 3.8) is 0 Å². The van der Waals surface area contributed by atoms with Crippen LogP contribution in [0, 0.1) is 5.82 Å². The van der Waals surface area contributed by atoms with E-state index in [0.29, 0.717) is 11.3 Å². The van der Waals surface area contributed by atoms with Gasteiger partial charge in [-0.3, -0.25) is 4.98 Å². The fourth-order valence-electron chi connectivity index (χ4n) is 1.91. The Morgan fingerprint density at radius 1 is 1.47 bits per heavy atom. The molecule has 1 aliphatic heterocycles. The van der Waals surface area contributed by atoms with Crippen LogP contribution in [0.2, 0.25) is 0 Å². The molecule has 0 amide bonds. The molecule has 5 heteroatoms. The summed E-state index contributed by atoms with van der Waals surface area (Å²) in [5, 5.41) is 2.81. The molecule has 0 bridgehead atoms. The van der Waals surface area contributed by atoms with Crippen LogP contribution in [-0.4, -0.2) is 16.6 Å². The number of thiazole rings is 1. The first-order valence-corrected chi connectivity index (χ1v) is 6.39.